The predicted molar refractivity (Wildman–Crippen MR) is 139 cm³/mol. The van der Waals surface area contributed by atoms with E-state index in [9.17, 15) is 19.2 Å². The summed E-state index contributed by atoms with van der Waals surface area (Å²) in [6, 6.07) is 3.72. The average molecular weight is 522 g/mol. The van der Waals surface area contributed by atoms with Crippen LogP contribution in [-0.2, 0) is 35.1 Å². The molecule has 1 aromatic carbocycles. The zero-order valence-electron chi connectivity index (χ0n) is 23.2. The standard InChI is InChI=1S/C28H43NO8/c1-8-18(5)12-25(30)36-23-11-10-21(15-24(23)37-26(31)13-19(6)9-2)14-22(29)28(33)35-20(7)16-34-27(32)17(3)4/h10-11,15,17-20,22H,8-9,12-14,16,29H2,1-7H3/t18?,19?,20-,22-/m0/s1. The monoisotopic (exact) mass is 521 g/mol. The van der Waals surface area contributed by atoms with Crippen LogP contribution in [0.2, 0.25) is 0 Å². The van der Waals surface area contributed by atoms with Crippen molar-refractivity contribution in [2.75, 3.05) is 6.61 Å². The first-order valence-electron chi connectivity index (χ1n) is 13.0. The summed E-state index contributed by atoms with van der Waals surface area (Å²) in [5, 5.41) is 0. The lowest BCUT2D eigenvalue weighted by Crippen LogP contribution is -2.37. The molecule has 0 saturated carbocycles. The maximum Gasteiger partial charge on any atom is 0.323 e. The molecule has 0 fully saturated rings. The van der Waals surface area contributed by atoms with Crippen LogP contribution in [-0.4, -0.2) is 42.6 Å². The highest BCUT2D eigenvalue weighted by atomic mass is 16.6. The van der Waals surface area contributed by atoms with E-state index in [2.05, 4.69) is 0 Å². The number of rotatable bonds is 15. The first kappa shape index (κ1) is 32.1. The quantitative estimate of drug-likeness (QED) is 0.264. The summed E-state index contributed by atoms with van der Waals surface area (Å²) in [6.45, 7) is 12.8. The molecule has 208 valence electrons. The van der Waals surface area contributed by atoms with Crippen LogP contribution in [0, 0.1) is 17.8 Å². The molecule has 0 radical (unpaired) electrons. The van der Waals surface area contributed by atoms with Gasteiger partial charge in [0.15, 0.2) is 11.5 Å². The van der Waals surface area contributed by atoms with E-state index >= 15 is 0 Å². The maximum absolute atomic E-state index is 12.5. The summed E-state index contributed by atoms with van der Waals surface area (Å²) < 4.78 is 21.4. The van der Waals surface area contributed by atoms with Crippen molar-refractivity contribution in [1.82, 2.24) is 0 Å². The molecule has 0 spiro atoms. The fourth-order valence-corrected chi connectivity index (χ4v) is 3.05. The van der Waals surface area contributed by atoms with E-state index in [1.54, 1.807) is 32.9 Å². The first-order valence-corrected chi connectivity index (χ1v) is 13.0. The van der Waals surface area contributed by atoms with Crippen molar-refractivity contribution < 1.29 is 38.1 Å². The van der Waals surface area contributed by atoms with Gasteiger partial charge < -0.3 is 24.7 Å². The molecule has 1 rings (SSSR count). The van der Waals surface area contributed by atoms with Crippen LogP contribution in [0.3, 0.4) is 0 Å². The fraction of sp³-hybridized carbons (Fsp3) is 0.643. The zero-order chi connectivity index (χ0) is 28.1. The van der Waals surface area contributed by atoms with Gasteiger partial charge in [0.1, 0.15) is 18.8 Å². The van der Waals surface area contributed by atoms with Gasteiger partial charge in [0.05, 0.1) is 5.92 Å². The highest BCUT2D eigenvalue weighted by molar-refractivity contribution is 5.78. The predicted octanol–water partition coefficient (Wildman–Crippen LogP) is 4.37. The molecule has 0 aromatic heterocycles. The second kappa shape index (κ2) is 16.0. The molecule has 0 aliphatic heterocycles. The number of esters is 4. The van der Waals surface area contributed by atoms with Crippen molar-refractivity contribution in [2.24, 2.45) is 23.5 Å². The molecule has 37 heavy (non-hydrogen) atoms. The summed E-state index contributed by atoms with van der Waals surface area (Å²) in [5.74, 6) is -1.67. The van der Waals surface area contributed by atoms with Crippen LogP contribution in [0.5, 0.6) is 11.5 Å². The van der Waals surface area contributed by atoms with Gasteiger partial charge in [0, 0.05) is 12.8 Å². The van der Waals surface area contributed by atoms with Crippen molar-refractivity contribution in [1.29, 1.82) is 0 Å². The van der Waals surface area contributed by atoms with Crippen LogP contribution in [0.25, 0.3) is 0 Å². The highest BCUT2D eigenvalue weighted by Gasteiger charge is 2.22. The van der Waals surface area contributed by atoms with Crippen molar-refractivity contribution in [3.05, 3.63) is 23.8 Å². The summed E-state index contributed by atoms with van der Waals surface area (Å²) in [4.78, 5) is 48.9. The smallest absolute Gasteiger partial charge is 0.323 e. The summed E-state index contributed by atoms with van der Waals surface area (Å²) in [6.07, 6.45) is 1.53. The molecular weight excluding hydrogens is 478 g/mol. The number of benzene rings is 1. The number of carbonyl (C=O) groups excluding carboxylic acids is 4. The lowest BCUT2D eigenvalue weighted by Gasteiger charge is -2.18. The van der Waals surface area contributed by atoms with Crippen LogP contribution in [0.15, 0.2) is 18.2 Å². The van der Waals surface area contributed by atoms with E-state index in [4.69, 9.17) is 24.7 Å². The lowest BCUT2D eigenvalue weighted by atomic mass is 10.0. The number of hydrogen-bond acceptors (Lipinski definition) is 9. The molecule has 1 aromatic rings. The third-order valence-corrected chi connectivity index (χ3v) is 5.89. The third-order valence-electron chi connectivity index (χ3n) is 5.89. The van der Waals surface area contributed by atoms with Gasteiger partial charge in [-0.25, -0.2) is 0 Å². The molecule has 0 bridgehead atoms. The number of nitrogens with two attached hydrogens (primary N) is 1. The van der Waals surface area contributed by atoms with E-state index in [1.807, 2.05) is 27.7 Å². The second-order valence-electron chi connectivity index (χ2n) is 10.0. The van der Waals surface area contributed by atoms with Gasteiger partial charge in [-0.3, -0.25) is 19.2 Å². The minimum Gasteiger partial charge on any atom is -0.462 e. The van der Waals surface area contributed by atoms with E-state index in [0.29, 0.717) is 5.56 Å². The second-order valence-corrected chi connectivity index (χ2v) is 10.0. The summed E-state index contributed by atoms with van der Waals surface area (Å²) >= 11 is 0. The van der Waals surface area contributed by atoms with Gasteiger partial charge in [-0.15, -0.1) is 0 Å². The number of hydrogen-bond donors (Lipinski definition) is 1. The Hall–Kier alpha value is -2.94. The minimum atomic E-state index is -1.01. The van der Waals surface area contributed by atoms with Gasteiger partial charge in [-0.05, 0) is 42.9 Å². The summed E-state index contributed by atoms with van der Waals surface area (Å²) in [7, 11) is 0. The minimum absolute atomic E-state index is 0.0670. The number of ether oxygens (including phenoxy) is 4. The molecule has 2 unspecified atom stereocenters. The van der Waals surface area contributed by atoms with Crippen molar-refractivity contribution in [3.8, 4) is 11.5 Å². The molecule has 0 amide bonds. The lowest BCUT2D eigenvalue weighted by molar-refractivity contribution is -0.160. The largest absolute Gasteiger partial charge is 0.462 e. The molecule has 0 saturated heterocycles. The molecule has 9 heteroatoms. The van der Waals surface area contributed by atoms with Gasteiger partial charge in [0.25, 0.3) is 0 Å². The van der Waals surface area contributed by atoms with Gasteiger partial charge in [-0.2, -0.15) is 0 Å². The van der Waals surface area contributed by atoms with E-state index < -0.39 is 30.1 Å². The normalized spacial score (nSPS) is 14.3. The molecule has 0 aliphatic rings. The Labute approximate surface area is 220 Å². The van der Waals surface area contributed by atoms with Gasteiger partial charge in [0.2, 0.25) is 0 Å². The Morgan fingerprint density at radius 1 is 0.811 bits per heavy atom. The molecule has 4 atom stereocenters. The van der Waals surface area contributed by atoms with Crippen molar-refractivity contribution in [3.63, 3.8) is 0 Å². The Balaban J connectivity index is 2.93. The van der Waals surface area contributed by atoms with Crippen LogP contribution >= 0.6 is 0 Å². The zero-order valence-corrected chi connectivity index (χ0v) is 23.2. The molecular formula is C28H43NO8. The van der Waals surface area contributed by atoms with Crippen molar-refractivity contribution in [2.45, 2.75) is 92.7 Å². The molecule has 0 heterocycles. The molecule has 9 nitrogen and oxygen atoms in total. The highest BCUT2D eigenvalue weighted by Crippen LogP contribution is 2.30. The van der Waals surface area contributed by atoms with Crippen LogP contribution in [0.1, 0.15) is 79.7 Å². The Morgan fingerprint density at radius 2 is 1.35 bits per heavy atom. The van der Waals surface area contributed by atoms with Gasteiger partial charge in [-0.1, -0.05) is 60.5 Å². The maximum atomic E-state index is 12.5. The topological polar surface area (TPSA) is 131 Å². The number of carbonyl (C=O) groups is 4. The van der Waals surface area contributed by atoms with E-state index in [0.717, 1.165) is 12.8 Å². The summed E-state index contributed by atoms with van der Waals surface area (Å²) in [5.41, 5.74) is 6.64. The third kappa shape index (κ3) is 12.2. The Morgan fingerprint density at radius 3 is 1.86 bits per heavy atom. The van der Waals surface area contributed by atoms with Crippen LogP contribution < -0.4 is 15.2 Å². The molecule has 2 N–H and O–H groups in total. The Bertz CT molecular complexity index is 913. The van der Waals surface area contributed by atoms with E-state index in [-0.39, 0.29) is 61.1 Å². The molecule has 0 aliphatic carbocycles. The Kier molecular flexibility index (Phi) is 13.9. The van der Waals surface area contributed by atoms with Crippen LogP contribution in [0.4, 0.5) is 0 Å². The van der Waals surface area contributed by atoms with Crippen molar-refractivity contribution >= 4 is 23.9 Å². The van der Waals surface area contributed by atoms with E-state index in [1.165, 1.54) is 6.07 Å². The van der Waals surface area contributed by atoms with Gasteiger partial charge >= 0.3 is 23.9 Å². The SMILES string of the molecule is CCC(C)CC(=O)Oc1ccc(C[C@H](N)C(=O)O[C@@H](C)COC(=O)C(C)C)cc1OC(=O)CC(C)CC. The average Bonchev–Trinajstić information content (AvgIpc) is 2.83. The fourth-order valence-electron chi connectivity index (χ4n) is 3.05. The first-order chi connectivity index (χ1) is 17.4.